The minimum absolute atomic E-state index is 0.0807. The number of nitrogens with zero attached hydrogens (tertiary/aromatic N) is 4. The van der Waals surface area contributed by atoms with E-state index in [1.165, 1.54) is 17.5 Å². The second-order valence-electron chi connectivity index (χ2n) is 6.41. The highest BCUT2D eigenvalue weighted by Crippen LogP contribution is 2.30. The maximum atomic E-state index is 13.1. The monoisotopic (exact) mass is 425 g/mol. The molecular formula is C18H24ClN5O3S. The van der Waals surface area contributed by atoms with Crippen LogP contribution in [0.3, 0.4) is 0 Å². The number of benzene rings is 1. The van der Waals surface area contributed by atoms with Crippen LogP contribution in [-0.4, -0.2) is 62.5 Å². The van der Waals surface area contributed by atoms with Crippen LogP contribution in [0.1, 0.15) is 12.6 Å². The molecule has 3 rings (SSSR count). The van der Waals surface area contributed by atoms with Crippen LogP contribution in [0.4, 0.5) is 11.8 Å². The van der Waals surface area contributed by atoms with Gasteiger partial charge in [0, 0.05) is 49.5 Å². The Morgan fingerprint density at radius 1 is 1.18 bits per heavy atom. The zero-order valence-electron chi connectivity index (χ0n) is 16.1. The Morgan fingerprint density at radius 2 is 1.89 bits per heavy atom. The molecule has 1 aromatic heterocycles. The van der Waals surface area contributed by atoms with E-state index in [4.69, 9.17) is 16.3 Å². The molecule has 1 saturated heterocycles. The summed E-state index contributed by atoms with van der Waals surface area (Å²) < 4.78 is 32.8. The summed E-state index contributed by atoms with van der Waals surface area (Å²) in [5.74, 6) is 1.65. The molecule has 1 fully saturated rings. The highest BCUT2D eigenvalue weighted by molar-refractivity contribution is 7.89. The van der Waals surface area contributed by atoms with Crippen molar-refractivity contribution < 1.29 is 13.2 Å². The number of ether oxygens (including phenoxy) is 1. The lowest BCUT2D eigenvalue weighted by atomic mass is 10.3. The first-order chi connectivity index (χ1) is 13.3. The van der Waals surface area contributed by atoms with Crippen LogP contribution in [0, 0.1) is 6.92 Å². The predicted octanol–water partition coefficient (Wildman–Crippen LogP) is 2.39. The second-order valence-corrected chi connectivity index (χ2v) is 8.75. The fourth-order valence-corrected chi connectivity index (χ4v) is 4.93. The van der Waals surface area contributed by atoms with Crippen molar-refractivity contribution >= 4 is 33.4 Å². The summed E-state index contributed by atoms with van der Waals surface area (Å²) in [7, 11) is -2.27. The molecule has 1 N–H and O–H groups in total. The van der Waals surface area contributed by atoms with E-state index in [-0.39, 0.29) is 10.6 Å². The van der Waals surface area contributed by atoms with Gasteiger partial charge in [0.05, 0.1) is 7.11 Å². The molecule has 2 aromatic rings. The zero-order chi connectivity index (χ0) is 20.3. The predicted molar refractivity (Wildman–Crippen MR) is 110 cm³/mol. The molecule has 0 unspecified atom stereocenters. The SMILES string of the molecule is CCNc1cc(C)nc(N2CCN(S(=O)(=O)c3cc(Cl)ccc3OC)CC2)n1. The average Bonchev–Trinajstić information content (AvgIpc) is 2.68. The van der Waals surface area contributed by atoms with Gasteiger partial charge in [0.25, 0.3) is 0 Å². The highest BCUT2D eigenvalue weighted by Gasteiger charge is 2.31. The summed E-state index contributed by atoms with van der Waals surface area (Å²) in [4.78, 5) is 11.1. The molecule has 0 saturated carbocycles. The lowest BCUT2D eigenvalue weighted by Gasteiger charge is -2.34. The number of piperazine rings is 1. The van der Waals surface area contributed by atoms with E-state index in [2.05, 4.69) is 15.3 Å². The third-order valence-electron chi connectivity index (χ3n) is 4.47. The molecule has 0 bridgehead atoms. The lowest BCUT2D eigenvalue weighted by Crippen LogP contribution is -2.49. The third kappa shape index (κ3) is 4.31. The van der Waals surface area contributed by atoms with Crippen LogP contribution in [-0.2, 0) is 10.0 Å². The van der Waals surface area contributed by atoms with Crippen LogP contribution in [0.15, 0.2) is 29.2 Å². The van der Waals surface area contributed by atoms with Crippen molar-refractivity contribution in [1.29, 1.82) is 0 Å². The van der Waals surface area contributed by atoms with Crippen molar-refractivity contribution in [3.63, 3.8) is 0 Å². The van der Waals surface area contributed by atoms with Crippen molar-refractivity contribution in [2.24, 2.45) is 0 Å². The Balaban J connectivity index is 1.78. The molecule has 0 atom stereocenters. The Kier molecular flexibility index (Phi) is 6.26. The van der Waals surface area contributed by atoms with Gasteiger partial charge in [0.2, 0.25) is 16.0 Å². The minimum Gasteiger partial charge on any atom is -0.495 e. The van der Waals surface area contributed by atoms with Crippen LogP contribution in [0.25, 0.3) is 0 Å². The van der Waals surface area contributed by atoms with Crippen molar-refractivity contribution in [3.05, 3.63) is 35.0 Å². The quantitative estimate of drug-likeness (QED) is 0.760. The van der Waals surface area contributed by atoms with Gasteiger partial charge >= 0.3 is 0 Å². The van der Waals surface area contributed by atoms with Crippen molar-refractivity contribution in [2.45, 2.75) is 18.7 Å². The van der Waals surface area contributed by atoms with Crippen molar-refractivity contribution in [1.82, 2.24) is 14.3 Å². The number of aryl methyl sites for hydroxylation is 1. The number of methoxy groups -OCH3 is 1. The van der Waals surface area contributed by atoms with Gasteiger partial charge < -0.3 is 15.0 Å². The number of nitrogens with one attached hydrogen (secondary N) is 1. The van der Waals surface area contributed by atoms with E-state index in [1.807, 2.05) is 24.8 Å². The standard InChI is InChI=1S/C18H24ClN5O3S/c1-4-20-17-11-13(2)21-18(22-17)23-7-9-24(10-8-23)28(25,26)16-12-14(19)5-6-15(16)27-3/h5-6,11-12H,4,7-10H2,1-3H3,(H,20,21,22). The zero-order valence-corrected chi connectivity index (χ0v) is 17.7. The Bertz CT molecular complexity index is 946. The molecule has 2 heterocycles. The Labute approximate surface area is 170 Å². The number of anilines is 2. The first kappa shape index (κ1) is 20.6. The van der Waals surface area contributed by atoms with Gasteiger partial charge in [-0.1, -0.05) is 11.6 Å². The number of aromatic nitrogens is 2. The van der Waals surface area contributed by atoms with Crippen LogP contribution < -0.4 is 15.0 Å². The third-order valence-corrected chi connectivity index (χ3v) is 6.62. The first-order valence-electron chi connectivity index (χ1n) is 9.03. The summed E-state index contributed by atoms with van der Waals surface area (Å²) >= 11 is 6.01. The summed E-state index contributed by atoms with van der Waals surface area (Å²) in [6.45, 7) is 6.33. The maximum absolute atomic E-state index is 13.1. The molecule has 0 aliphatic carbocycles. The van der Waals surface area contributed by atoms with Crippen molar-refractivity contribution in [2.75, 3.05) is 50.1 Å². The summed E-state index contributed by atoms with van der Waals surface area (Å²) in [5, 5.41) is 3.54. The maximum Gasteiger partial charge on any atom is 0.246 e. The largest absolute Gasteiger partial charge is 0.495 e. The number of sulfonamides is 1. The molecule has 1 aliphatic heterocycles. The highest BCUT2D eigenvalue weighted by atomic mass is 35.5. The Morgan fingerprint density at radius 3 is 2.54 bits per heavy atom. The van der Waals surface area contributed by atoms with E-state index in [0.29, 0.717) is 37.1 Å². The number of hydrogen-bond acceptors (Lipinski definition) is 7. The average molecular weight is 426 g/mol. The van der Waals surface area contributed by atoms with Gasteiger partial charge in [-0.15, -0.1) is 0 Å². The normalized spacial score (nSPS) is 15.5. The smallest absolute Gasteiger partial charge is 0.246 e. The van der Waals surface area contributed by atoms with Crippen molar-refractivity contribution in [3.8, 4) is 5.75 Å². The first-order valence-corrected chi connectivity index (χ1v) is 10.8. The molecule has 0 radical (unpaired) electrons. The van der Waals surface area contributed by atoms with E-state index in [0.717, 1.165) is 18.1 Å². The summed E-state index contributed by atoms with van der Waals surface area (Å²) in [6, 6.07) is 6.48. The molecule has 28 heavy (non-hydrogen) atoms. The van der Waals surface area contributed by atoms with E-state index >= 15 is 0 Å². The fraction of sp³-hybridized carbons (Fsp3) is 0.444. The molecule has 1 aromatic carbocycles. The topological polar surface area (TPSA) is 87.7 Å². The molecule has 8 nitrogen and oxygen atoms in total. The van der Waals surface area contributed by atoms with Crippen LogP contribution in [0.5, 0.6) is 5.75 Å². The number of rotatable bonds is 6. The van der Waals surface area contributed by atoms with Crippen LogP contribution >= 0.6 is 11.6 Å². The van der Waals surface area contributed by atoms with Gasteiger partial charge in [-0.3, -0.25) is 0 Å². The van der Waals surface area contributed by atoms with E-state index in [1.54, 1.807) is 12.1 Å². The molecule has 152 valence electrons. The van der Waals surface area contributed by atoms with Crippen LogP contribution in [0.2, 0.25) is 5.02 Å². The molecular weight excluding hydrogens is 402 g/mol. The number of hydrogen-bond donors (Lipinski definition) is 1. The van der Waals surface area contributed by atoms with Gasteiger partial charge in [-0.05, 0) is 32.0 Å². The minimum atomic E-state index is -3.71. The van der Waals surface area contributed by atoms with Gasteiger partial charge in [-0.25, -0.2) is 13.4 Å². The van der Waals surface area contributed by atoms with Gasteiger partial charge in [0.1, 0.15) is 16.5 Å². The summed E-state index contributed by atoms with van der Waals surface area (Å²) in [5.41, 5.74) is 0.861. The van der Waals surface area contributed by atoms with E-state index in [9.17, 15) is 8.42 Å². The summed E-state index contributed by atoms with van der Waals surface area (Å²) in [6.07, 6.45) is 0. The molecule has 10 heteroatoms. The molecule has 1 aliphatic rings. The fourth-order valence-electron chi connectivity index (χ4n) is 3.09. The number of halogens is 1. The van der Waals surface area contributed by atoms with Gasteiger partial charge in [0.15, 0.2) is 0 Å². The Hall–Kier alpha value is -2.10. The van der Waals surface area contributed by atoms with Gasteiger partial charge in [-0.2, -0.15) is 9.29 Å². The molecule has 0 spiro atoms. The second kappa shape index (κ2) is 8.50. The lowest BCUT2D eigenvalue weighted by molar-refractivity contribution is 0.372. The van der Waals surface area contributed by atoms with E-state index < -0.39 is 10.0 Å². The molecule has 0 amide bonds.